The van der Waals surface area contributed by atoms with Crippen LogP contribution in [0.3, 0.4) is 0 Å². The second-order valence-corrected chi connectivity index (χ2v) is 5.21. The fraction of sp³-hybridized carbons (Fsp3) is 0.500. The van der Waals surface area contributed by atoms with Crippen molar-refractivity contribution < 1.29 is 9.66 Å². The fourth-order valence-corrected chi connectivity index (χ4v) is 2.39. The van der Waals surface area contributed by atoms with Crippen LogP contribution in [0, 0.1) is 10.1 Å². The van der Waals surface area contributed by atoms with Gasteiger partial charge in [-0.1, -0.05) is 19.4 Å². The topological polar surface area (TPSA) is 55.6 Å². The maximum Gasteiger partial charge on any atom is 0.318 e. The van der Waals surface area contributed by atoms with Crippen molar-refractivity contribution in [3.05, 3.63) is 40.1 Å². The summed E-state index contributed by atoms with van der Waals surface area (Å²) in [6.45, 7) is 4.62. The Morgan fingerprint density at radius 2 is 2.14 bits per heavy atom. The van der Waals surface area contributed by atoms with Gasteiger partial charge in [0, 0.05) is 13.1 Å². The molecular formula is C16H22N2O3. The summed E-state index contributed by atoms with van der Waals surface area (Å²) >= 11 is 0. The molecule has 2 rings (SSSR count). The minimum Gasteiger partial charge on any atom is -0.487 e. The molecule has 114 valence electrons. The Kier molecular flexibility index (Phi) is 5.60. The highest BCUT2D eigenvalue weighted by Gasteiger charge is 2.19. The van der Waals surface area contributed by atoms with Crippen molar-refractivity contribution in [2.75, 3.05) is 19.7 Å². The summed E-state index contributed by atoms with van der Waals surface area (Å²) in [6, 6.07) is 5.23. The Hall–Kier alpha value is -2.04. The number of para-hydroxylation sites is 1. The third-order valence-corrected chi connectivity index (χ3v) is 3.57. The number of unbranched alkanes of at least 4 members (excludes halogenated alkanes) is 1. The largest absolute Gasteiger partial charge is 0.487 e. The average Bonchev–Trinajstić information content (AvgIpc) is 2.98. The normalized spacial score (nSPS) is 14.8. The number of rotatable bonds is 7. The third kappa shape index (κ3) is 4.21. The molecule has 0 radical (unpaired) electrons. The van der Waals surface area contributed by atoms with Gasteiger partial charge in [0.2, 0.25) is 0 Å². The standard InChI is InChI=1S/C16H22N2O3/c1-2-3-13-21-15-8-6-7-14(16(15)18(19)20)9-12-17-10-4-5-11-17/h6-9,12H,2-5,10-11,13H2,1H3/b12-9+. The van der Waals surface area contributed by atoms with Crippen molar-refractivity contribution in [1.29, 1.82) is 0 Å². The molecule has 1 aromatic carbocycles. The molecule has 0 spiro atoms. The van der Waals surface area contributed by atoms with Gasteiger partial charge in [-0.05, 0) is 43.7 Å². The lowest BCUT2D eigenvalue weighted by atomic mass is 10.1. The van der Waals surface area contributed by atoms with Crippen LogP contribution < -0.4 is 4.74 Å². The van der Waals surface area contributed by atoms with Crippen LogP contribution in [0.15, 0.2) is 24.4 Å². The molecule has 5 nitrogen and oxygen atoms in total. The van der Waals surface area contributed by atoms with Gasteiger partial charge in [-0.2, -0.15) is 0 Å². The van der Waals surface area contributed by atoms with Crippen LogP contribution in [0.2, 0.25) is 0 Å². The van der Waals surface area contributed by atoms with Gasteiger partial charge in [0.05, 0.1) is 17.1 Å². The van der Waals surface area contributed by atoms with Crippen LogP contribution in [0.1, 0.15) is 38.2 Å². The molecule has 1 aromatic rings. The Bertz CT molecular complexity index is 508. The smallest absolute Gasteiger partial charge is 0.318 e. The van der Waals surface area contributed by atoms with Crippen LogP contribution in [0.5, 0.6) is 5.75 Å². The number of hydrogen-bond donors (Lipinski definition) is 0. The van der Waals surface area contributed by atoms with E-state index >= 15 is 0 Å². The van der Waals surface area contributed by atoms with Gasteiger partial charge in [-0.25, -0.2) is 0 Å². The number of nitro groups is 1. The molecule has 0 unspecified atom stereocenters. The molecular weight excluding hydrogens is 268 g/mol. The van der Waals surface area contributed by atoms with Crippen LogP contribution in [-0.2, 0) is 0 Å². The van der Waals surface area contributed by atoms with Crippen LogP contribution in [-0.4, -0.2) is 29.5 Å². The van der Waals surface area contributed by atoms with Gasteiger partial charge in [0.1, 0.15) is 0 Å². The first-order valence-electron chi connectivity index (χ1n) is 7.55. The number of ether oxygens (including phenoxy) is 1. The van der Waals surface area contributed by atoms with Gasteiger partial charge >= 0.3 is 5.69 Å². The molecule has 1 heterocycles. The fourth-order valence-electron chi connectivity index (χ4n) is 2.39. The number of likely N-dealkylation sites (tertiary alicyclic amines) is 1. The van der Waals surface area contributed by atoms with Gasteiger partial charge in [-0.3, -0.25) is 10.1 Å². The monoisotopic (exact) mass is 290 g/mol. The van der Waals surface area contributed by atoms with E-state index in [2.05, 4.69) is 11.8 Å². The second kappa shape index (κ2) is 7.67. The lowest BCUT2D eigenvalue weighted by Crippen LogP contribution is -2.10. The maximum atomic E-state index is 11.3. The lowest BCUT2D eigenvalue weighted by Gasteiger charge is -2.11. The molecule has 0 atom stereocenters. The van der Waals surface area contributed by atoms with Crippen LogP contribution in [0.4, 0.5) is 5.69 Å². The second-order valence-electron chi connectivity index (χ2n) is 5.21. The zero-order valence-corrected chi connectivity index (χ0v) is 12.5. The van der Waals surface area contributed by atoms with Crippen molar-refractivity contribution in [3.63, 3.8) is 0 Å². The van der Waals surface area contributed by atoms with Gasteiger partial charge in [-0.15, -0.1) is 0 Å². The number of nitrogens with zero attached hydrogens (tertiary/aromatic N) is 2. The van der Waals surface area contributed by atoms with E-state index in [0.717, 1.165) is 25.9 Å². The molecule has 1 fully saturated rings. The first-order chi connectivity index (χ1) is 10.2. The molecule has 1 aliphatic heterocycles. The summed E-state index contributed by atoms with van der Waals surface area (Å²) in [5.41, 5.74) is 0.657. The first-order valence-corrected chi connectivity index (χ1v) is 7.55. The molecule has 21 heavy (non-hydrogen) atoms. The highest BCUT2D eigenvalue weighted by molar-refractivity contribution is 5.66. The van der Waals surface area contributed by atoms with Crippen molar-refractivity contribution >= 4 is 11.8 Å². The summed E-state index contributed by atoms with van der Waals surface area (Å²) < 4.78 is 5.56. The summed E-state index contributed by atoms with van der Waals surface area (Å²) in [7, 11) is 0. The number of hydrogen-bond acceptors (Lipinski definition) is 4. The van der Waals surface area contributed by atoms with Crippen molar-refractivity contribution in [3.8, 4) is 5.75 Å². The van der Waals surface area contributed by atoms with Crippen molar-refractivity contribution in [1.82, 2.24) is 4.90 Å². The van der Waals surface area contributed by atoms with E-state index in [4.69, 9.17) is 4.74 Å². The predicted octanol–water partition coefficient (Wildman–Crippen LogP) is 3.84. The minimum absolute atomic E-state index is 0.0593. The Balaban J connectivity index is 2.18. The predicted molar refractivity (Wildman–Crippen MR) is 83.3 cm³/mol. The zero-order chi connectivity index (χ0) is 15.1. The summed E-state index contributed by atoms with van der Waals surface area (Å²) in [5.74, 6) is 0.358. The first kappa shape index (κ1) is 15.4. The number of benzene rings is 1. The Morgan fingerprint density at radius 1 is 1.38 bits per heavy atom. The average molecular weight is 290 g/mol. The molecule has 0 amide bonds. The van der Waals surface area contributed by atoms with E-state index in [1.807, 2.05) is 12.3 Å². The van der Waals surface area contributed by atoms with E-state index in [1.54, 1.807) is 18.2 Å². The zero-order valence-electron chi connectivity index (χ0n) is 12.5. The van der Waals surface area contributed by atoms with E-state index in [9.17, 15) is 10.1 Å². The molecule has 5 heteroatoms. The third-order valence-electron chi connectivity index (χ3n) is 3.57. The molecule has 0 bridgehead atoms. The molecule has 0 saturated carbocycles. The Labute approximate surface area is 125 Å². The molecule has 1 saturated heterocycles. The minimum atomic E-state index is -0.356. The SMILES string of the molecule is CCCCOc1cccc(/C=C/N2CCCC2)c1[N+](=O)[O-]. The van der Waals surface area contributed by atoms with Gasteiger partial charge in [0.15, 0.2) is 5.75 Å². The maximum absolute atomic E-state index is 11.3. The van der Waals surface area contributed by atoms with Gasteiger partial charge < -0.3 is 9.64 Å². The summed E-state index contributed by atoms with van der Waals surface area (Å²) in [4.78, 5) is 13.2. The van der Waals surface area contributed by atoms with Crippen LogP contribution >= 0.6 is 0 Å². The summed E-state index contributed by atoms with van der Waals surface area (Å²) in [5, 5.41) is 11.3. The van der Waals surface area contributed by atoms with E-state index in [1.165, 1.54) is 12.8 Å². The molecule has 1 aliphatic rings. The van der Waals surface area contributed by atoms with Crippen molar-refractivity contribution in [2.24, 2.45) is 0 Å². The van der Waals surface area contributed by atoms with E-state index < -0.39 is 0 Å². The lowest BCUT2D eigenvalue weighted by molar-refractivity contribution is -0.386. The highest BCUT2D eigenvalue weighted by atomic mass is 16.6. The van der Waals surface area contributed by atoms with Crippen molar-refractivity contribution in [2.45, 2.75) is 32.6 Å². The van der Waals surface area contributed by atoms with Crippen LogP contribution in [0.25, 0.3) is 6.08 Å². The molecule has 0 N–H and O–H groups in total. The molecule has 0 aromatic heterocycles. The van der Waals surface area contributed by atoms with Gasteiger partial charge in [0.25, 0.3) is 0 Å². The quantitative estimate of drug-likeness (QED) is 0.435. The number of nitro benzene ring substituents is 1. The summed E-state index contributed by atoms with van der Waals surface area (Å²) in [6.07, 6.45) is 8.04. The molecule has 0 aliphatic carbocycles. The highest BCUT2D eigenvalue weighted by Crippen LogP contribution is 2.32. The van der Waals surface area contributed by atoms with E-state index in [-0.39, 0.29) is 10.6 Å². The van der Waals surface area contributed by atoms with E-state index in [0.29, 0.717) is 17.9 Å². The Morgan fingerprint density at radius 3 is 2.81 bits per heavy atom.